The largest absolute Gasteiger partial charge is 0.367 e. The lowest BCUT2D eigenvalue weighted by molar-refractivity contribution is 0.647. The van der Waals surface area contributed by atoms with Crippen molar-refractivity contribution in [3.05, 3.63) is 52.1 Å². The summed E-state index contributed by atoms with van der Waals surface area (Å²) in [6, 6.07) is 11.4. The molecule has 4 nitrogen and oxygen atoms in total. The van der Waals surface area contributed by atoms with Gasteiger partial charge in [0, 0.05) is 32.4 Å². The lowest BCUT2D eigenvalue weighted by atomic mass is 10.2. The molecule has 1 aromatic carbocycles. The second-order valence-corrected chi connectivity index (χ2v) is 5.85. The average Bonchev–Trinajstić information content (AvgIpc) is 2.58. The number of aromatic nitrogens is 1. The third-order valence-corrected chi connectivity index (χ3v) is 4.56. The molecule has 0 N–H and O–H groups in total. The Morgan fingerprint density at radius 1 is 1.05 bits per heavy atom. The lowest BCUT2D eigenvalue weighted by Crippen LogP contribution is -2.47. The maximum absolute atomic E-state index is 8.98. The van der Waals surface area contributed by atoms with Crippen molar-refractivity contribution < 1.29 is 0 Å². The van der Waals surface area contributed by atoms with E-state index in [0.717, 1.165) is 37.7 Å². The van der Waals surface area contributed by atoms with Crippen molar-refractivity contribution in [2.75, 3.05) is 36.0 Å². The zero-order valence-corrected chi connectivity index (χ0v) is 13.3. The van der Waals surface area contributed by atoms with E-state index in [2.05, 4.69) is 20.9 Å². The van der Waals surface area contributed by atoms with E-state index in [0.29, 0.717) is 15.6 Å². The normalized spacial score (nSPS) is 14.8. The molecule has 0 atom stereocenters. The van der Waals surface area contributed by atoms with Crippen LogP contribution in [0.4, 0.5) is 11.5 Å². The third kappa shape index (κ3) is 2.96. The maximum atomic E-state index is 8.98. The van der Waals surface area contributed by atoms with Crippen molar-refractivity contribution in [3.8, 4) is 6.07 Å². The first-order valence-electron chi connectivity index (χ1n) is 6.99. The second kappa shape index (κ2) is 6.43. The lowest BCUT2D eigenvalue weighted by Gasteiger charge is -2.37. The van der Waals surface area contributed by atoms with Gasteiger partial charge in [0.15, 0.2) is 0 Å². The summed E-state index contributed by atoms with van der Waals surface area (Å²) >= 11 is 12.4. The minimum absolute atomic E-state index is 0.574. The van der Waals surface area contributed by atoms with Crippen LogP contribution in [0.3, 0.4) is 0 Å². The molecule has 2 heterocycles. The van der Waals surface area contributed by atoms with Gasteiger partial charge >= 0.3 is 0 Å². The quantitative estimate of drug-likeness (QED) is 0.842. The number of rotatable bonds is 2. The van der Waals surface area contributed by atoms with Crippen molar-refractivity contribution >= 4 is 34.7 Å². The first kappa shape index (κ1) is 15.0. The van der Waals surface area contributed by atoms with Crippen LogP contribution >= 0.6 is 23.2 Å². The van der Waals surface area contributed by atoms with Crippen molar-refractivity contribution in [2.24, 2.45) is 0 Å². The van der Waals surface area contributed by atoms with Crippen LogP contribution in [0, 0.1) is 11.3 Å². The van der Waals surface area contributed by atoms with Crippen LogP contribution in [0.15, 0.2) is 36.5 Å². The Labute approximate surface area is 139 Å². The van der Waals surface area contributed by atoms with Gasteiger partial charge in [-0.25, -0.2) is 4.98 Å². The summed E-state index contributed by atoms with van der Waals surface area (Å²) < 4.78 is 0. The van der Waals surface area contributed by atoms with E-state index < -0.39 is 0 Å². The molecule has 0 unspecified atom stereocenters. The predicted molar refractivity (Wildman–Crippen MR) is 89.8 cm³/mol. The van der Waals surface area contributed by atoms with E-state index in [1.54, 1.807) is 18.3 Å². The predicted octanol–water partition coefficient (Wildman–Crippen LogP) is 3.59. The molecule has 1 aromatic heterocycles. The molecule has 1 saturated heterocycles. The number of anilines is 2. The van der Waals surface area contributed by atoms with Gasteiger partial charge in [-0.15, -0.1) is 0 Å². The summed E-state index contributed by atoms with van der Waals surface area (Å²) in [5.41, 5.74) is 1.60. The van der Waals surface area contributed by atoms with Crippen LogP contribution in [-0.2, 0) is 0 Å². The fraction of sp³-hybridized carbons (Fsp3) is 0.250. The molecule has 0 saturated carbocycles. The average molecular weight is 333 g/mol. The van der Waals surface area contributed by atoms with Crippen LogP contribution in [-0.4, -0.2) is 31.2 Å². The van der Waals surface area contributed by atoms with Crippen LogP contribution in [0.2, 0.25) is 10.0 Å². The van der Waals surface area contributed by atoms with Gasteiger partial charge in [0.25, 0.3) is 0 Å². The Bertz CT molecular complexity index is 718. The van der Waals surface area contributed by atoms with Crippen molar-refractivity contribution in [3.63, 3.8) is 0 Å². The summed E-state index contributed by atoms with van der Waals surface area (Å²) in [5, 5.41) is 10.1. The topological polar surface area (TPSA) is 43.2 Å². The van der Waals surface area contributed by atoms with E-state index in [1.165, 1.54) is 0 Å². The Morgan fingerprint density at radius 3 is 2.50 bits per heavy atom. The van der Waals surface area contributed by atoms with Crippen molar-refractivity contribution in [1.29, 1.82) is 5.26 Å². The number of hydrogen-bond donors (Lipinski definition) is 0. The molecule has 0 radical (unpaired) electrons. The van der Waals surface area contributed by atoms with Crippen LogP contribution in [0.25, 0.3) is 0 Å². The SMILES string of the molecule is N#Cc1ccnc(N2CCN(c3cccc(Cl)c3Cl)CC2)c1. The van der Waals surface area contributed by atoms with Crippen LogP contribution in [0.1, 0.15) is 5.56 Å². The Balaban J connectivity index is 1.72. The molecular weight excluding hydrogens is 319 g/mol. The van der Waals surface area contributed by atoms with Gasteiger partial charge in [0.1, 0.15) is 5.82 Å². The summed E-state index contributed by atoms with van der Waals surface area (Å²) in [7, 11) is 0. The fourth-order valence-corrected chi connectivity index (χ4v) is 2.99. The Hall–Kier alpha value is -1.96. The number of piperazine rings is 1. The monoisotopic (exact) mass is 332 g/mol. The molecule has 0 spiro atoms. The molecule has 0 aliphatic carbocycles. The van der Waals surface area contributed by atoms with E-state index in [1.807, 2.05) is 18.2 Å². The molecule has 0 amide bonds. The zero-order chi connectivity index (χ0) is 15.5. The van der Waals surface area contributed by atoms with Gasteiger partial charge in [-0.3, -0.25) is 0 Å². The summed E-state index contributed by atoms with van der Waals surface area (Å²) in [5.74, 6) is 0.843. The maximum Gasteiger partial charge on any atom is 0.129 e. The van der Waals surface area contributed by atoms with Crippen LogP contribution < -0.4 is 9.80 Å². The van der Waals surface area contributed by atoms with Gasteiger partial charge in [-0.2, -0.15) is 5.26 Å². The van der Waals surface area contributed by atoms with Crippen molar-refractivity contribution in [2.45, 2.75) is 0 Å². The highest BCUT2D eigenvalue weighted by Crippen LogP contribution is 2.33. The van der Waals surface area contributed by atoms with Gasteiger partial charge < -0.3 is 9.80 Å². The van der Waals surface area contributed by atoms with Crippen LogP contribution in [0.5, 0.6) is 0 Å². The Morgan fingerprint density at radius 2 is 1.77 bits per heavy atom. The fourth-order valence-electron chi connectivity index (χ4n) is 2.57. The smallest absolute Gasteiger partial charge is 0.129 e. The summed E-state index contributed by atoms with van der Waals surface area (Å²) in [4.78, 5) is 8.75. The molecule has 112 valence electrons. The first-order valence-corrected chi connectivity index (χ1v) is 7.74. The van der Waals surface area contributed by atoms with Gasteiger partial charge in [0.2, 0.25) is 0 Å². The first-order chi connectivity index (χ1) is 10.7. The van der Waals surface area contributed by atoms with Crippen molar-refractivity contribution in [1.82, 2.24) is 4.98 Å². The second-order valence-electron chi connectivity index (χ2n) is 5.06. The van der Waals surface area contributed by atoms with Gasteiger partial charge in [-0.1, -0.05) is 29.3 Å². The number of nitriles is 1. The standard InChI is InChI=1S/C16H14Cl2N4/c17-13-2-1-3-14(16(13)18)21-6-8-22(9-7-21)15-10-12(11-19)4-5-20-15/h1-5,10H,6-9H2. The zero-order valence-electron chi connectivity index (χ0n) is 11.8. The molecule has 22 heavy (non-hydrogen) atoms. The molecule has 1 fully saturated rings. The molecule has 3 rings (SSSR count). The molecule has 1 aliphatic rings. The van der Waals surface area contributed by atoms with Gasteiger partial charge in [0.05, 0.1) is 27.4 Å². The number of pyridine rings is 1. The summed E-state index contributed by atoms with van der Waals surface area (Å²) in [6.07, 6.45) is 1.67. The van der Waals surface area contributed by atoms with E-state index >= 15 is 0 Å². The number of nitrogens with zero attached hydrogens (tertiary/aromatic N) is 4. The summed E-state index contributed by atoms with van der Waals surface area (Å²) in [6.45, 7) is 3.31. The minimum atomic E-state index is 0.574. The molecule has 6 heteroatoms. The molecule has 1 aliphatic heterocycles. The molecule has 2 aromatic rings. The number of hydrogen-bond acceptors (Lipinski definition) is 4. The van der Waals surface area contributed by atoms with E-state index in [4.69, 9.17) is 28.5 Å². The molecular formula is C16H14Cl2N4. The highest BCUT2D eigenvalue weighted by Gasteiger charge is 2.20. The van der Waals surface area contributed by atoms with E-state index in [9.17, 15) is 0 Å². The third-order valence-electron chi connectivity index (χ3n) is 3.75. The number of benzene rings is 1. The Kier molecular flexibility index (Phi) is 4.37. The highest BCUT2D eigenvalue weighted by molar-refractivity contribution is 6.43. The highest BCUT2D eigenvalue weighted by atomic mass is 35.5. The number of halogens is 2. The van der Waals surface area contributed by atoms with Gasteiger partial charge in [-0.05, 0) is 24.3 Å². The van der Waals surface area contributed by atoms with E-state index in [-0.39, 0.29) is 0 Å². The molecule has 0 bridgehead atoms. The minimum Gasteiger partial charge on any atom is -0.367 e.